The van der Waals surface area contributed by atoms with Crippen molar-refractivity contribution in [2.75, 3.05) is 18.9 Å². The maximum absolute atomic E-state index is 12.4. The van der Waals surface area contributed by atoms with Gasteiger partial charge in [0.25, 0.3) is 15.9 Å². The number of rotatable bonds is 6. The summed E-state index contributed by atoms with van der Waals surface area (Å²) in [5, 5.41) is 0. The Balaban J connectivity index is 2.35. The largest absolute Gasteiger partial charge is 0.496 e. The number of hydrogen-bond acceptors (Lipinski definition) is 6. The number of nitrogens with one attached hydrogen (secondary N) is 1. The molecule has 1 aromatic carbocycles. The van der Waals surface area contributed by atoms with E-state index < -0.39 is 15.9 Å². The van der Waals surface area contributed by atoms with Crippen LogP contribution >= 0.6 is 0 Å². The lowest BCUT2D eigenvalue weighted by Crippen LogP contribution is -2.16. The van der Waals surface area contributed by atoms with Crippen LogP contribution in [-0.4, -0.2) is 33.5 Å². The van der Waals surface area contributed by atoms with Crippen LogP contribution in [0.5, 0.6) is 11.6 Å². The van der Waals surface area contributed by atoms with Crippen molar-refractivity contribution in [1.82, 2.24) is 4.98 Å². The molecule has 0 aliphatic rings. The number of pyridine rings is 1. The van der Waals surface area contributed by atoms with Crippen LogP contribution in [0, 0.1) is 0 Å². The molecule has 0 spiro atoms. The van der Waals surface area contributed by atoms with Gasteiger partial charge in [0.05, 0.1) is 36.6 Å². The van der Waals surface area contributed by atoms with Gasteiger partial charge in [-0.15, -0.1) is 0 Å². The molecule has 122 valence electrons. The molecule has 1 aromatic heterocycles. The molecule has 0 unspecified atom stereocenters. The van der Waals surface area contributed by atoms with E-state index in [1.54, 1.807) is 0 Å². The normalized spacial score (nSPS) is 10.9. The Morgan fingerprint density at radius 3 is 2.43 bits per heavy atom. The Hall–Kier alpha value is -2.81. The third-order valence-corrected chi connectivity index (χ3v) is 4.32. The number of aromatic nitrogens is 1. The van der Waals surface area contributed by atoms with Crippen LogP contribution in [-0.2, 0) is 10.0 Å². The molecule has 0 aliphatic heterocycles. The highest BCUT2D eigenvalue weighted by atomic mass is 32.2. The lowest BCUT2D eigenvalue weighted by molar-refractivity contribution is 0.0997. The molecule has 0 radical (unpaired) electrons. The summed E-state index contributed by atoms with van der Waals surface area (Å²) < 4.78 is 37.0. The molecule has 8 nitrogen and oxygen atoms in total. The lowest BCUT2D eigenvalue weighted by atomic mass is 10.2. The number of nitrogens with zero attached hydrogens (tertiary/aromatic N) is 1. The van der Waals surface area contributed by atoms with E-state index in [2.05, 4.69) is 9.71 Å². The van der Waals surface area contributed by atoms with E-state index in [0.717, 1.165) is 6.07 Å². The minimum Gasteiger partial charge on any atom is -0.496 e. The van der Waals surface area contributed by atoms with Gasteiger partial charge in [-0.05, 0) is 24.3 Å². The van der Waals surface area contributed by atoms with E-state index in [1.165, 1.54) is 44.7 Å². The standard InChI is InChI=1S/C14H15N3O5S/c1-21-12-5-4-10(7-11(12)14(15)18)23(19,20)17-9-3-6-13(22-2)16-8-9/h3-8,17H,1-2H3,(H2,15,18). The van der Waals surface area contributed by atoms with Gasteiger partial charge < -0.3 is 15.2 Å². The third kappa shape index (κ3) is 3.69. The summed E-state index contributed by atoms with van der Waals surface area (Å²) in [5.41, 5.74) is 5.46. The number of anilines is 1. The van der Waals surface area contributed by atoms with E-state index in [-0.39, 0.29) is 21.9 Å². The lowest BCUT2D eigenvalue weighted by Gasteiger charge is -2.11. The summed E-state index contributed by atoms with van der Waals surface area (Å²) in [6, 6.07) is 6.84. The van der Waals surface area contributed by atoms with Gasteiger partial charge in [-0.2, -0.15) is 0 Å². The second-order valence-electron chi connectivity index (χ2n) is 4.42. The molecule has 0 saturated carbocycles. The first-order valence-electron chi connectivity index (χ1n) is 6.38. The van der Waals surface area contributed by atoms with Gasteiger partial charge in [-0.3, -0.25) is 9.52 Å². The Morgan fingerprint density at radius 1 is 1.17 bits per heavy atom. The maximum Gasteiger partial charge on any atom is 0.261 e. The molecule has 2 aromatic rings. The molecule has 1 heterocycles. The number of sulfonamides is 1. The minimum absolute atomic E-state index is 0.0248. The van der Waals surface area contributed by atoms with Crippen molar-refractivity contribution in [3.8, 4) is 11.6 Å². The second kappa shape index (κ2) is 6.53. The molecular weight excluding hydrogens is 322 g/mol. The van der Waals surface area contributed by atoms with Gasteiger partial charge in [0.1, 0.15) is 5.75 Å². The van der Waals surface area contributed by atoms with Crippen molar-refractivity contribution in [1.29, 1.82) is 0 Å². The molecular formula is C14H15N3O5S. The predicted molar refractivity (Wildman–Crippen MR) is 83.1 cm³/mol. The van der Waals surface area contributed by atoms with E-state index >= 15 is 0 Å². The number of ether oxygens (including phenoxy) is 2. The topological polar surface area (TPSA) is 121 Å². The number of primary amides is 1. The van der Waals surface area contributed by atoms with Gasteiger partial charge in [0.15, 0.2) is 0 Å². The van der Waals surface area contributed by atoms with Gasteiger partial charge in [-0.1, -0.05) is 0 Å². The Bertz CT molecular complexity index is 819. The van der Waals surface area contributed by atoms with Crippen LogP contribution in [0.4, 0.5) is 5.69 Å². The summed E-state index contributed by atoms with van der Waals surface area (Å²) in [7, 11) is -1.10. The summed E-state index contributed by atoms with van der Waals surface area (Å²) in [6.45, 7) is 0. The molecule has 0 fully saturated rings. The van der Waals surface area contributed by atoms with E-state index in [1.807, 2.05) is 0 Å². The predicted octanol–water partition coefficient (Wildman–Crippen LogP) is 0.998. The highest BCUT2D eigenvalue weighted by Crippen LogP contribution is 2.24. The number of carbonyl (C=O) groups excluding carboxylic acids is 1. The van der Waals surface area contributed by atoms with Crippen LogP contribution in [0.1, 0.15) is 10.4 Å². The number of carbonyl (C=O) groups is 1. The van der Waals surface area contributed by atoms with E-state index in [0.29, 0.717) is 5.88 Å². The molecule has 23 heavy (non-hydrogen) atoms. The molecule has 9 heteroatoms. The minimum atomic E-state index is -3.91. The number of benzene rings is 1. The first-order valence-corrected chi connectivity index (χ1v) is 7.86. The average molecular weight is 337 g/mol. The Morgan fingerprint density at radius 2 is 1.91 bits per heavy atom. The average Bonchev–Trinajstić information content (AvgIpc) is 2.54. The number of amides is 1. The Labute approximate surface area is 133 Å². The monoisotopic (exact) mass is 337 g/mol. The fourth-order valence-corrected chi connectivity index (χ4v) is 2.89. The van der Waals surface area contributed by atoms with Crippen LogP contribution in [0.3, 0.4) is 0 Å². The molecule has 0 saturated heterocycles. The van der Waals surface area contributed by atoms with Gasteiger partial charge in [0.2, 0.25) is 5.88 Å². The van der Waals surface area contributed by atoms with Crippen molar-refractivity contribution in [2.24, 2.45) is 5.73 Å². The highest BCUT2D eigenvalue weighted by molar-refractivity contribution is 7.92. The van der Waals surface area contributed by atoms with Crippen molar-refractivity contribution >= 4 is 21.6 Å². The van der Waals surface area contributed by atoms with Crippen LogP contribution in [0.15, 0.2) is 41.4 Å². The molecule has 0 aliphatic carbocycles. The molecule has 1 amide bonds. The first kappa shape index (κ1) is 16.6. The smallest absolute Gasteiger partial charge is 0.261 e. The van der Waals surface area contributed by atoms with Gasteiger partial charge >= 0.3 is 0 Å². The van der Waals surface area contributed by atoms with E-state index in [4.69, 9.17) is 15.2 Å². The van der Waals surface area contributed by atoms with Crippen molar-refractivity contribution in [3.63, 3.8) is 0 Å². The van der Waals surface area contributed by atoms with Crippen molar-refractivity contribution in [2.45, 2.75) is 4.90 Å². The molecule has 3 N–H and O–H groups in total. The molecule has 0 bridgehead atoms. The summed E-state index contributed by atoms with van der Waals surface area (Å²) in [4.78, 5) is 15.2. The quantitative estimate of drug-likeness (QED) is 0.811. The summed E-state index contributed by atoms with van der Waals surface area (Å²) in [5.74, 6) is -0.235. The molecule has 0 atom stereocenters. The first-order chi connectivity index (χ1) is 10.9. The van der Waals surface area contributed by atoms with Gasteiger partial charge in [0, 0.05) is 6.07 Å². The highest BCUT2D eigenvalue weighted by Gasteiger charge is 2.19. The zero-order valence-electron chi connectivity index (χ0n) is 12.4. The zero-order chi connectivity index (χ0) is 17.0. The number of hydrogen-bond donors (Lipinski definition) is 2. The van der Waals surface area contributed by atoms with E-state index in [9.17, 15) is 13.2 Å². The van der Waals surface area contributed by atoms with Gasteiger partial charge in [-0.25, -0.2) is 13.4 Å². The fourth-order valence-electron chi connectivity index (χ4n) is 1.82. The van der Waals surface area contributed by atoms with Crippen molar-refractivity contribution < 1.29 is 22.7 Å². The van der Waals surface area contributed by atoms with Crippen molar-refractivity contribution in [3.05, 3.63) is 42.1 Å². The number of nitrogens with two attached hydrogens (primary N) is 1. The van der Waals surface area contributed by atoms with Crippen LogP contribution < -0.4 is 19.9 Å². The third-order valence-electron chi connectivity index (χ3n) is 2.94. The number of methoxy groups -OCH3 is 2. The summed E-state index contributed by atoms with van der Waals surface area (Å²) in [6.07, 6.45) is 1.31. The summed E-state index contributed by atoms with van der Waals surface area (Å²) >= 11 is 0. The molecule has 2 rings (SSSR count). The Kier molecular flexibility index (Phi) is 4.70. The van der Waals surface area contributed by atoms with Crippen LogP contribution in [0.2, 0.25) is 0 Å². The SMILES string of the molecule is COc1ccc(NS(=O)(=O)c2ccc(OC)c(C(N)=O)c2)cn1. The fraction of sp³-hybridized carbons (Fsp3) is 0.143. The van der Waals surface area contributed by atoms with Crippen LogP contribution in [0.25, 0.3) is 0 Å². The second-order valence-corrected chi connectivity index (χ2v) is 6.10. The zero-order valence-corrected chi connectivity index (χ0v) is 13.3. The maximum atomic E-state index is 12.4.